The van der Waals surface area contributed by atoms with Gasteiger partial charge in [-0.05, 0) is 13.1 Å². The molecule has 7 heteroatoms. The van der Waals surface area contributed by atoms with Crippen LogP contribution in [0, 0.1) is 0 Å². The Bertz CT molecular complexity index is 299. The highest BCUT2D eigenvalue weighted by atomic mass is 32.2. The Morgan fingerprint density at radius 2 is 1.88 bits per heavy atom. The van der Waals surface area contributed by atoms with Crippen molar-refractivity contribution in [2.75, 3.05) is 31.9 Å². The Morgan fingerprint density at radius 1 is 1.31 bits per heavy atom. The van der Waals surface area contributed by atoms with Crippen LogP contribution in [0.25, 0.3) is 0 Å². The van der Waals surface area contributed by atoms with Gasteiger partial charge in [0.05, 0.1) is 12.2 Å². The van der Waals surface area contributed by atoms with Gasteiger partial charge < -0.3 is 10.0 Å². The molecule has 0 aromatic heterocycles. The fourth-order valence-corrected chi connectivity index (χ4v) is 2.18. The molecule has 0 amide bonds. The molecule has 96 valence electrons. The molecule has 6 nitrogen and oxygen atoms in total. The van der Waals surface area contributed by atoms with Crippen LogP contribution in [-0.2, 0) is 14.8 Å². The maximum atomic E-state index is 11.3. The Labute approximate surface area is 96.7 Å². The van der Waals surface area contributed by atoms with E-state index in [4.69, 9.17) is 5.11 Å². The summed E-state index contributed by atoms with van der Waals surface area (Å²) in [5.74, 6) is -1.46. The summed E-state index contributed by atoms with van der Waals surface area (Å²) in [5, 5.41) is 8.37. The fraction of sp³-hybridized carbons (Fsp3) is 0.889. The maximum Gasteiger partial charge on any atom is 0.304 e. The lowest BCUT2D eigenvalue weighted by Crippen LogP contribution is -2.36. The summed E-state index contributed by atoms with van der Waals surface area (Å²) in [6, 6.07) is 0. The molecule has 0 saturated carbocycles. The fourth-order valence-electron chi connectivity index (χ4n) is 1.19. The van der Waals surface area contributed by atoms with Crippen molar-refractivity contribution in [3.05, 3.63) is 0 Å². The van der Waals surface area contributed by atoms with Crippen LogP contribution in [0.4, 0.5) is 0 Å². The van der Waals surface area contributed by atoms with E-state index in [1.807, 2.05) is 13.8 Å². The summed E-state index contributed by atoms with van der Waals surface area (Å²) in [6.45, 7) is 6.70. The number of aliphatic carboxylic acids is 1. The van der Waals surface area contributed by atoms with Crippen LogP contribution in [0.2, 0.25) is 0 Å². The molecule has 0 aromatic carbocycles. The summed E-state index contributed by atoms with van der Waals surface area (Å²) in [5.41, 5.74) is 0. The highest BCUT2D eigenvalue weighted by Gasteiger charge is 2.12. The Balaban J connectivity index is 3.86. The molecule has 0 radical (unpaired) electrons. The average molecular weight is 252 g/mol. The van der Waals surface area contributed by atoms with Crippen molar-refractivity contribution in [1.82, 2.24) is 9.62 Å². The molecule has 0 saturated heterocycles. The van der Waals surface area contributed by atoms with Crippen LogP contribution in [0.5, 0.6) is 0 Å². The van der Waals surface area contributed by atoms with Crippen LogP contribution in [0.15, 0.2) is 0 Å². The number of carboxylic acids is 1. The number of nitrogens with zero attached hydrogens (tertiary/aromatic N) is 1. The molecular formula is C9H20N2O4S. The summed E-state index contributed by atoms with van der Waals surface area (Å²) in [7, 11) is -3.45. The van der Waals surface area contributed by atoms with Crippen molar-refractivity contribution >= 4 is 16.0 Å². The minimum Gasteiger partial charge on any atom is -0.481 e. The van der Waals surface area contributed by atoms with Gasteiger partial charge in [-0.2, -0.15) is 0 Å². The molecule has 0 unspecified atom stereocenters. The first-order chi connectivity index (χ1) is 7.41. The molecular weight excluding hydrogens is 232 g/mol. The molecule has 0 fully saturated rings. The largest absolute Gasteiger partial charge is 0.481 e. The minimum absolute atomic E-state index is 0.323. The van der Waals surface area contributed by atoms with E-state index in [-0.39, 0.29) is 12.2 Å². The number of carbonyl (C=O) groups is 1. The minimum atomic E-state index is -3.45. The lowest BCUT2D eigenvalue weighted by Gasteiger charge is -2.17. The van der Waals surface area contributed by atoms with Crippen molar-refractivity contribution in [2.45, 2.75) is 20.3 Å². The van der Waals surface area contributed by atoms with Crippen LogP contribution < -0.4 is 4.72 Å². The number of hydrogen-bond donors (Lipinski definition) is 2. The maximum absolute atomic E-state index is 11.3. The molecule has 0 atom stereocenters. The molecule has 0 rings (SSSR count). The van der Waals surface area contributed by atoms with Crippen LogP contribution in [0.1, 0.15) is 20.3 Å². The van der Waals surface area contributed by atoms with Crippen molar-refractivity contribution in [2.24, 2.45) is 0 Å². The molecule has 0 heterocycles. The van der Waals surface area contributed by atoms with Crippen molar-refractivity contribution in [1.29, 1.82) is 0 Å². The number of nitrogens with one attached hydrogen (secondary N) is 1. The van der Waals surface area contributed by atoms with E-state index in [9.17, 15) is 13.2 Å². The lowest BCUT2D eigenvalue weighted by molar-refractivity contribution is -0.136. The van der Waals surface area contributed by atoms with Crippen molar-refractivity contribution in [3.63, 3.8) is 0 Å². The van der Waals surface area contributed by atoms with Gasteiger partial charge in [-0.3, -0.25) is 4.79 Å². The standard InChI is InChI=1S/C9H20N2O4S/c1-3-11(4-2)7-6-10-16(14,15)8-5-9(12)13/h10H,3-8H2,1-2H3,(H,12,13). The highest BCUT2D eigenvalue weighted by molar-refractivity contribution is 7.89. The monoisotopic (exact) mass is 252 g/mol. The second-order valence-electron chi connectivity index (χ2n) is 3.38. The van der Waals surface area contributed by atoms with Gasteiger partial charge in [-0.1, -0.05) is 13.8 Å². The normalized spacial score (nSPS) is 11.9. The van der Waals surface area contributed by atoms with Gasteiger partial charge in [0, 0.05) is 13.1 Å². The summed E-state index contributed by atoms with van der Waals surface area (Å²) in [4.78, 5) is 12.3. The summed E-state index contributed by atoms with van der Waals surface area (Å²) < 4.78 is 25.0. The SMILES string of the molecule is CCN(CC)CCNS(=O)(=O)CCC(=O)O. The Kier molecular flexibility index (Phi) is 7.27. The smallest absolute Gasteiger partial charge is 0.304 e. The molecule has 0 spiro atoms. The third-order valence-corrected chi connectivity index (χ3v) is 3.61. The van der Waals surface area contributed by atoms with Crippen molar-refractivity contribution in [3.8, 4) is 0 Å². The zero-order valence-electron chi connectivity index (χ0n) is 9.77. The summed E-state index contributed by atoms with van der Waals surface area (Å²) in [6.07, 6.45) is -0.361. The molecule has 2 N–H and O–H groups in total. The van der Waals surface area contributed by atoms with Crippen molar-refractivity contribution < 1.29 is 18.3 Å². The van der Waals surface area contributed by atoms with E-state index in [1.165, 1.54) is 0 Å². The van der Waals surface area contributed by atoms with E-state index >= 15 is 0 Å². The zero-order valence-corrected chi connectivity index (χ0v) is 10.6. The Morgan fingerprint density at radius 3 is 2.31 bits per heavy atom. The summed E-state index contributed by atoms with van der Waals surface area (Å²) >= 11 is 0. The van der Waals surface area contributed by atoms with E-state index in [0.29, 0.717) is 13.1 Å². The van der Waals surface area contributed by atoms with E-state index in [1.54, 1.807) is 0 Å². The molecule has 0 aliphatic heterocycles. The molecule has 0 bridgehead atoms. The first-order valence-electron chi connectivity index (χ1n) is 5.32. The number of hydrogen-bond acceptors (Lipinski definition) is 4. The molecule has 0 aliphatic carbocycles. The quantitative estimate of drug-likeness (QED) is 0.589. The highest BCUT2D eigenvalue weighted by Crippen LogP contribution is 1.91. The third kappa shape index (κ3) is 7.61. The number of rotatable bonds is 9. The third-order valence-electron chi connectivity index (χ3n) is 2.23. The topological polar surface area (TPSA) is 86.7 Å². The van der Waals surface area contributed by atoms with E-state index < -0.39 is 16.0 Å². The first kappa shape index (κ1) is 15.3. The number of sulfonamides is 1. The van der Waals surface area contributed by atoms with Gasteiger partial charge in [0.15, 0.2) is 0 Å². The van der Waals surface area contributed by atoms with Gasteiger partial charge in [0.25, 0.3) is 0 Å². The van der Waals surface area contributed by atoms with E-state index in [0.717, 1.165) is 13.1 Å². The predicted molar refractivity (Wildman–Crippen MR) is 61.8 cm³/mol. The van der Waals surface area contributed by atoms with Crippen LogP contribution in [0.3, 0.4) is 0 Å². The average Bonchev–Trinajstić information content (AvgIpc) is 2.22. The lowest BCUT2D eigenvalue weighted by atomic mass is 10.5. The zero-order chi connectivity index (χ0) is 12.6. The second kappa shape index (κ2) is 7.59. The second-order valence-corrected chi connectivity index (χ2v) is 5.31. The molecule has 0 aliphatic rings. The van der Waals surface area contributed by atoms with Gasteiger partial charge in [-0.15, -0.1) is 0 Å². The predicted octanol–water partition coefficient (Wildman–Crippen LogP) is -0.278. The van der Waals surface area contributed by atoms with Gasteiger partial charge in [-0.25, -0.2) is 13.1 Å². The van der Waals surface area contributed by atoms with Gasteiger partial charge in [0.1, 0.15) is 0 Å². The number of carboxylic acid groups (broad SMARTS) is 1. The first-order valence-corrected chi connectivity index (χ1v) is 6.98. The van der Waals surface area contributed by atoms with Crippen LogP contribution >= 0.6 is 0 Å². The van der Waals surface area contributed by atoms with Gasteiger partial charge in [0.2, 0.25) is 10.0 Å². The molecule has 0 aromatic rings. The van der Waals surface area contributed by atoms with Crippen LogP contribution in [-0.4, -0.2) is 56.3 Å². The van der Waals surface area contributed by atoms with Gasteiger partial charge >= 0.3 is 5.97 Å². The number of likely N-dealkylation sites (N-methyl/N-ethyl adjacent to an activating group) is 1. The molecule has 16 heavy (non-hydrogen) atoms. The van der Waals surface area contributed by atoms with E-state index in [2.05, 4.69) is 9.62 Å². The Hall–Kier alpha value is -0.660.